The van der Waals surface area contributed by atoms with Crippen molar-refractivity contribution in [3.05, 3.63) is 60.0 Å². The number of aryl methyl sites for hydroxylation is 1. The molecule has 0 atom stereocenters. The summed E-state index contributed by atoms with van der Waals surface area (Å²) in [5, 5.41) is 6.55. The van der Waals surface area contributed by atoms with E-state index in [1.165, 1.54) is 6.07 Å². The van der Waals surface area contributed by atoms with Crippen molar-refractivity contribution in [1.29, 1.82) is 0 Å². The highest BCUT2D eigenvalue weighted by molar-refractivity contribution is 5.65. The monoisotopic (exact) mass is 335 g/mol. The van der Waals surface area contributed by atoms with Crippen molar-refractivity contribution in [2.45, 2.75) is 25.8 Å². The molecule has 4 rings (SSSR count). The number of rotatable bonds is 5. The Bertz CT molecular complexity index is 894. The zero-order valence-corrected chi connectivity index (χ0v) is 13.8. The molecule has 3 aromatic rings. The van der Waals surface area contributed by atoms with E-state index in [1.807, 2.05) is 24.3 Å². The number of nitrogens with one attached hydrogen (secondary N) is 2. The first-order valence-corrected chi connectivity index (χ1v) is 8.27. The van der Waals surface area contributed by atoms with Crippen molar-refractivity contribution in [2.75, 3.05) is 10.6 Å². The summed E-state index contributed by atoms with van der Waals surface area (Å²) in [6.45, 7) is 1.74. The van der Waals surface area contributed by atoms with Crippen LogP contribution in [0.15, 0.2) is 48.7 Å². The van der Waals surface area contributed by atoms with Gasteiger partial charge in [-0.3, -0.25) is 4.98 Å². The minimum absolute atomic E-state index is 0.224. The first kappa shape index (κ1) is 15.5. The smallest absolute Gasteiger partial charge is 0.225 e. The van der Waals surface area contributed by atoms with E-state index >= 15 is 0 Å². The van der Waals surface area contributed by atoms with Gasteiger partial charge in [0.15, 0.2) is 0 Å². The minimum atomic E-state index is -0.224. The van der Waals surface area contributed by atoms with Crippen LogP contribution in [-0.2, 0) is 0 Å². The number of anilines is 3. The first-order chi connectivity index (χ1) is 12.2. The van der Waals surface area contributed by atoms with Gasteiger partial charge >= 0.3 is 0 Å². The molecule has 0 amide bonds. The predicted octanol–water partition coefficient (Wildman–Crippen LogP) is 4.30. The van der Waals surface area contributed by atoms with Crippen molar-refractivity contribution in [1.82, 2.24) is 15.0 Å². The summed E-state index contributed by atoms with van der Waals surface area (Å²) in [7, 11) is 0. The van der Waals surface area contributed by atoms with Crippen LogP contribution in [0.5, 0.6) is 0 Å². The van der Waals surface area contributed by atoms with Crippen LogP contribution in [-0.4, -0.2) is 21.0 Å². The van der Waals surface area contributed by atoms with E-state index < -0.39 is 0 Å². The van der Waals surface area contributed by atoms with Gasteiger partial charge in [-0.2, -0.15) is 4.98 Å². The maximum Gasteiger partial charge on any atom is 0.225 e. The van der Waals surface area contributed by atoms with Crippen LogP contribution in [0.2, 0.25) is 0 Å². The molecule has 0 bridgehead atoms. The number of hydrogen-bond donors (Lipinski definition) is 2. The van der Waals surface area contributed by atoms with Crippen LogP contribution in [0.1, 0.15) is 18.4 Å². The summed E-state index contributed by atoms with van der Waals surface area (Å²) >= 11 is 0. The van der Waals surface area contributed by atoms with E-state index in [1.54, 1.807) is 25.3 Å². The summed E-state index contributed by atoms with van der Waals surface area (Å²) in [4.78, 5) is 13.5. The minimum Gasteiger partial charge on any atom is -0.351 e. The zero-order chi connectivity index (χ0) is 17.2. The summed E-state index contributed by atoms with van der Waals surface area (Å²) < 4.78 is 13.5. The van der Waals surface area contributed by atoms with Crippen molar-refractivity contribution in [3.8, 4) is 11.4 Å². The normalized spacial score (nSPS) is 13.5. The maximum atomic E-state index is 13.5. The molecular formula is C19H18FN5. The molecule has 1 aromatic carbocycles. The summed E-state index contributed by atoms with van der Waals surface area (Å²) in [6.07, 6.45) is 4.01. The Labute approximate surface area is 145 Å². The second-order valence-corrected chi connectivity index (χ2v) is 6.18. The molecule has 0 spiro atoms. The van der Waals surface area contributed by atoms with Gasteiger partial charge in [0.25, 0.3) is 0 Å². The Kier molecular flexibility index (Phi) is 4.01. The highest BCUT2D eigenvalue weighted by atomic mass is 19.1. The third kappa shape index (κ3) is 3.74. The summed E-state index contributed by atoms with van der Waals surface area (Å²) in [6, 6.07) is 12.9. The van der Waals surface area contributed by atoms with Crippen LogP contribution < -0.4 is 10.6 Å². The van der Waals surface area contributed by atoms with E-state index in [0.717, 1.165) is 29.9 Å². The Morgan fingerprint density at radius 1 is 1.04 bits per heavy atom. The zero-order valence-electron chi connectivity index (χ0n) is 13.8. The molecule has 126 valence electrons. The molecule has 0 saturated heterocycles. The molecule has 6 heteroatoms. The van der Waals surface area contributed by atoms with Gasteiger partial charge in [0.2, 0.25) is 5.95 Å². The second kappa shape index (κ2) is 6.47. The molecular weight excluding hydrogens is 317 g/mol. The molecule has 5 nitrogen and oxygen atoms in total. The Morgan fingerprint density at radius 3 is 2.64 bits per heavy atom. The summed E-state index contributed by atoms with van der Waals surface area (Å²) in [5.41, 5.74) is 2.88. The Morgan fingerprint density at radius 2 is 1.92 bits per heavy atom. The van der Waals surface area contributed by atoms with Crippen molar-refractivity contribution >= 4 is 17.5 Å². The molecule has 2 N–H and O–H groups in total. The van der Waals surface area contributed by atoms with Crippen LogP contribution in [0.25, 0.3) is 11.4 Å². The number of hydrogen-bond acceptors (Lipinski definition) is 5. The van der Waals surface area contributed by atoms with E-state index in [0.29, 0.717) is 23.4 Å². The fourth-order valence-electron chi connectivity index (χ4n) is 2.50. The van der Waals surface area contributed by atoms with E-state index in [-0.39, 0.29) is 5.82 Å². The van der Waals surface area contributed by atoms with Gasteiger partial charge in [0.1, 0.15) is 11.6 Å². The standard InChI is InChI=1S/C19H18FN5/c1-12-10-14(7-8-15(12)20)22-18-11-17(16-4-2-3-9-21-16)24-19(25-18)23-13-5-6-13/h2-4,7-11,13H,5-6H2,1H3,(H2,22,23,24,25). The Hall–Kier alpha value is -3.02. The number of benzene rings is 1. The molecule has 0 radical (unpaired) electrons. The average Bonchev–Trinajstić information content (AvgIpc) is 3.43. The number of pyridine rings is 1. The van der Waals surface area contributed by atoms with Gasteiger partial charge in [-0.15, -0.1) is 0 Å². The van der Waals surface area contributed by atoms with E-state index in [9.17, 15) is 4.39 Å². The lowest BCUT2D eigenvalue weighted by Crippen LogP contribution is -2.08. The van der Waals surface area contributed by atoms with Crippen LogP contribution in [0, 0.1) is 12.7 Å². The number of nitrogens with zero attached hydrogens (tertiary/aromatic N) is 3. The third-order valence-electron chi connectivity index (χ3n) is 3.99. The lowest BCUT2D eigenvalue weighted by Gasteiger charge is -2.11. The molecule has 1 aliphatic carbocycles. The number of aromatic nitrogens is 3. The first-order valence-electron chi connectivity index (χ1n) is 8.27. The molecule has 1 aliphatic rings. The van der Waals surface area contributed by atoms with Gasteiger partial charge in [-0.05, 0) is 55.7 Å². The number of halogens is 1. The quantitative estimate of drug-likeness (QED) is 0.728. The molecule has 2 aromatic heterocycles. The van der Waals surface area contributed by atoms with E-state index in [4.69, 9.17) is 0 Å². The molecule has 2 heterocycles. The fourth-order valence-corrected chi connectivity index (χ4v) is 2.50. The highest BCUT2D eigenvalue weighted by Gasteiger charge is 2.22. The van der Waals surface area contributed by atoms with Crippen molar-refractivity contribution in [2.24, 2.45) is 0 Å². The maximum absolute atomic E-state index is 13.5. The second-order valence-electron chi connectivity index (χ2n) is 6.18. The fraction of sp³-hybridized carbons (Fsp3) is 0.211. The van der Waals surface area contributed by atoms with Crippen LogP contribution >= 0.6 is 0 Å². The Balaban J connectivity index is 1.68. The van der Waals surface area contributed by atoms with Crippen molar-refractivity contribution in [3.63, 3.8) is 0 Å². The van der Waals surface area contributed by atoms with Gasteiger partial charge in [-0.25, -0.2) is 9.37 Å². The van der Waals surface area contributed by atoms with E-state index in [2.05, 4.69) is 25.6 Å². The lowest BCUT2D eigenvalue weighted by atomic mass is 10.2. The molecule has 1 fully saturated rings. The van der Waals surface area contributed by atoms with Crippen LogP contribution in [0.4, 0.5) is 21.8 Å². The third-order valence-corrected chi connectivity index (χ3v) is 3.99. The van der Waals surface area contributed by atoms with Gasteiger partial charge in [-0.1, -0.05) is 6.07 Å². The van der Waals surface area contributed by atoms with Gasteiger partial charge < -0.3 is 10.6 Å². The topological polar surface area (TPSA) is 62.7 Å². The largest absolute Gasteiger partial charge is 0.351 e. The molecule has 0 unspecified atom stereocenters. The van der Waals surface area contributed by atoms with Crippen LogP contribution in [0.3, 0.4) is 0 Å². The average molecular weight is 335 g/mol. The van der Waals surface area contributed by atoms with Gasteiger partial charge in [0.05, 0.1) is 11.4 Å². The predicted molar refractivity (Wildman–Crippen MR) is 96.3 cm³/mol. The lowest BCUT2D eigenvalue weighted by molar-refractivity contribution is 0.619. The highest BCUT2D eigenvalue weighted by Crippen LogP contribution is 2.27. The molecule has 1 saturated carbocycles. The molecule has 0 aliphatic heterocycles. The van der Waals surface area contributed by atoms with Gasteiger partial charge in [0, 0.05) is 24.0 Å². The summed E-state index contributed by atoms with van der Waals surface area (Å²) in [5.74, 6) is 0.996. The SMILES string of the molecule is Cc1cc(Nc2cc(-c3ccccn3)nc(NC3CC3)n2)ccc1F. The molecule has 25 heavy (non-hydrogen) atoms. The van der Waals surface area contributed by atoms with Crippen molar-refractivity contribution < 1.29 is 4.39 Å².